The maximum absolute atomic E-state index is 13.7. The van der Waals surface area contributed by atoms with Crippen LogP contribution in [0.25, 0.3) is 0 Å². The van der Waals surface area contributed by atoms with Crippen LogP contribution in [-0.4, -0.2) is 49.2 Å². The van der Waals surface area contributed by atoms with E-state index in [0.29, 0.717) is 37.8 Å². The summed E-state index contributed by atoms with van der Waals surface area (Å²) in [6, 6.07) is 5.43. The van der Waals surface area contributed by atoms with E-state index in [0.717, 1.165) is 24.9 Å². The van der Waals surface area contributed by atoms with Crippen LogP contribution in [0.5, 0.6) is 0 Å². The number of hydrogen-bond donors (Lipinski definition) is 2. The van der Waals surface area contributed by atoms with E-state index in [1.165, 1.54) is 6.07 Å². The van der Waals surface area contributed by atoms with Crippen molar-refractivity contribution < 1.29 is 13.9 Å². The number of hydrogen-bond acceptors (Lipinski definition) is 3. The molecule has 0 aromatic heterocycles. The van der Waals surface area contributed by atoms with Gasteiger partial charge in [0.2, 0.25) is 0 Å². The van der Waals surface area contributed by atoms with E-state index in [2.05, 4.69) is 15.6 Å². The van der Waals surface area contributed by atoms with Crippen LogP contribution in [0.1, 0.15) is 37.8 Å². The lowest BCUT2D eigenvalue weighted by Gasteiger charge is -2.32. The van der Waals surface area contributed by atoms with E-state index in [-0.39, 0.29) is 18.0 Å². The van der Waals surface area contributed by atoms with Crippen LogP contribution in [0, 0.1) is 12.7 Å². The van der Waals surface area contributed by atoms with Crippen molar-refractivity contribution in [3.8, 4) is 0 Å². The molecule has 7 heteroatoms. The smallest absolute Gasteiger partial charge is 0.409 e. The standard InChI is InChI=1S/C19H29FN4O2/c1-4-21-18(22-13-15-7-6-14(3)17(20)12-15)23-16-8-10-24(11-9-16)19(25)26-5-2/h6-7,12,16H,4-5,8-11,13H2,1-3H3,(H2,21,22,23). The lowest BCUT2D eigenvalue weighted by molar-refractivity contribution is 0.0963. The highest BCUT2D eigenvalue weighted by molar-refractivity contribution is 5.80. The van der Waals surface area contributed by atoms with Crippen LogP contribution in [-0.2, 0) is 11.3 Å². The Labute approximate surface area is 154 Å². The highest BCUT2D eigenvalue weighted by atomic mass is 19.1. The highest BCUT2D eigenvalue weighted by Crippen LogP contribution is 2.12. The zero-order valence-electron chi connectivity index (χ0n) is 15.8. The van der Waals surface area contributed by atoms with Crippen LogP contribution in [0.2, 0.25) is 0 Å². The predicted octanol–water partition coefficient (Wildman–Crippen LogP) is 2.81. The molecule has 0 radical (unpaired) electrons. The average Bonchev–Trinajstić information content (AvgIpc) is 2.63. The zero-order chi connectivity index (χ0) is 18.9. The van der Waals surface area contributed by atoms with Crippen molar-refractivity contribution in [2.45, 2.75) is 46.2 Å². The molecule has 1 fully saturated rings. The molecule has 2 N–H and O–H groups in total. The van der Waals surface area contributed by atoms with Crippen molar-refractivity contribution >= 4 is 12.1 Å². The van der Waals surface area contributed by atoms with Gasteiger partial charge in [0.15, 0.2) is 5.96 Å². The first-order chi connectivity index (χ1) is 12.5. The Hall–Kier alpha value is -2.31. The van der Waals surface area contributed by atoms with Gasteiger partial charge in [-0.25, -0.2) is 14.2 Å². The Morgan fingerprint density at radius 1 is 1.35 bits per heavy atom. The molecular weight excluding hydrogens is 335 g/mol. The molecule has 2 rings (SSSR count). The summed E-state index contributed by atoms with van der Waals surface area (Å²) in [6.07, 6.45) is 1.43. The molecule has 0 spiro atoms. The second kappa shape index (κ2) is 9.99. The summed E-state index contributed by atoms with van der Waals surface area (Å²) in [7, 11) is 0. The molecule has 1 aromatic rings. The van der Waals surface area contributed by atoms with Gasteiger partial charge in [0.05, 0.1) is 13.2 Å². The summed E-state index contributed by atoms with van der Waals surface area (Å²) in [5, 5.41) is 6.63. The fraction of sp³-hybridized carbons (Fsp3) is 0.579. The van der Waals surface area contributed by atoms with Gasteiger partial charge < -0.3 is 20.3 Å². The molecule has 144 valence electrons. The van der Waals surface area contributed by atoms with Gasteiger partial charge in [-0.3, -0.25) is 0 Å². The lowest BCUT2D eigenvalue weighted by atomic mass is 10.1. The fourth-order valence-electron chi connectivity index (χ4n) is 2.84. The number of rotatable bonds is 5. The Morgan fingerprint density at radius 3 is 2.69 bits per heavy atom. The van der Waals surface area contributed by atoms with E-state index in [9.17, 15) is 9.18 Å². The number of carbonyl (C=O) groups is 1. The van der Waals surface area contributed by atoms with E-state index in [1.807, 2.05) is 19.9 Å². The Bertz CT molecular complexity index is 628. The van der Waals surface area contributed by atoms with Gasteiger partial charge in [-0.15, -0.1) is 0 Å². The number of aryl methyl sites for hydroxylation is 1. The van der Waals surface area contributed by atoms with E-state index < -0.39 is 0 Å². The number of ether oxygens (including phenoxy) is 1. The van der Waals surface area contributed by atoms with Crippen molar-refractivity contribution in [3.63, 3.8) is 0 Å². The minimum absolute atomic E-state index is 0.206. The number of nitrogens with zero attached hydrogens (tertiary/aromatic N) is 2. The molecule has 1 aliphatic rings. The number of nitrogens with one attached hydrogen (secondary N) is 2. The maximum Gasteiger partial charge on any atom is 0.409 e. The largest absolute Gasteiger partial charge is 0.450 e. The second-order valence-corrected chi connectivity index (χ2v) is 6.38. The Balaban J connectivity index is 1.89. The minimum atomic E-state index is -0.243. The van der Waals surface area contributed by atoms with Crippen molar-refractivity contribution in [1.29, 1.82) is 0 Å². The SMILES string of the molecule is CCNC(=NCc1ccc(C)c(F)c1)NC1CCN(C(=O)OCC)CC1. The lowest BCUT2D eigenvalue weighted by Crippen LogP contribution is -2.49. The fourth-order valence-corrected chi connectivity index (χ4v) is 2.84. The molecule has 0 atom stereocenters. The normalized spacial score (nSPS) is 15.7. The van der Waals surface area contributed by atoms with Gasteiger partial charge in [0, 0.05) is 25.7 Å². The molecule has 1 saturated heterocycles. The Kier molecular flexibility index (Phi) is 7.69. The van der Waals surface area contributed by atoms with E-state index in [1.54, 1.807) is 17.9 Å². The summed E-state index contributed by atoms with van der Waals surface area (Å²) in [4.78, 5) is 18.0. The van der Waals surface area contributed by atoms with Crippen LogP contribution >= 0.6 is 0 Å². The van der Waals surface area contributed by atoms with Crippen molar-refractivity contribution in [2.24, 2.45) is 4.99 Å². The van der Waals surface area contributed by atoms with Crippen LogP contribution < -0.4 is 10.6 Å². The first kappa shape index (κ1) is 20.0. The monoisotopic (exact) mass is 364 g/mol. The zero-order valence-corrected chi connectivity index (χ0v) is 15.8. The third-order valence-corrected chi connectivity index (χ3v) is 4.36. The summed E-state index contributed by atoms with van der Waals surface area (Å²) in [5.74, 6) is 0.505. The maximum atomic E-state index is 13.7. The summed E-state index contributed by atoms with van der Waals surface area (Å²) < 4.78 is 18.7. The molecule has 6 nitrogen and oxygen atoms in total. The molecular formula is C19H29FN4O2. The van der Waals surface area contributed by atoms with Crippen molar-refractivity contribution in [1.82, 2.24) is 15.5 Å². The molecule has 26 heavy (non-hydrogen) atoms. The molecule has 1 heterocycles. The molecule has 1 amide bonds. The number of likely N-dealkylation sites (tertiary alicyclic amines) is 1. The topological polar surface area (TPSA) is 66.0 Å². The molecule has 0 saturated carbocycles. The van der Waals surface area contributed by atoms with Crippen LogP contribution in [0.15, 0.2) is 23.2 Å². The second-order valence-electron chi connectivity index (χ2n) is 6.38. The average molecular weight is 364 g/mol. The number of aliphatic imine (C=N–C) groups is 1. The van der Waals surface area contributed by atoms with Gasteiger partial charge in [0.1, 0.15) is 5.82 Å². The van der Waals surface area contributed by atoms with Gasteiger partial charge in [-0.05, 0) is 50.8 Å². The predicted molar refractivity (Wildman–Crippen MR) is 101 cm³/mol. The van der Waals surface area contributed by atoms with Crippen molar-refractivity contribution in [3.05, 3.63) is 35.1 Å². The minimum Gasteiger partial charge on any atom is -0.450 e. The molecule has 0 aliphatic carbocycles. The third kappa shape index (κ3) is 5.89. The molecule has 0 unspecified atom stereocenters. The number of piperidine rings is 1. The van der Waals surface area contributed by atoms with E-state index >= 15 is 0 Å². The summed E-state index contributed by atoms with van der Waals surface area (Å²) in [6.45, 7) is 8.45. The Morgan fingerprint density at radius 2 is 2.08 bits per heavy atom. The quantitative estimate of drug-likeness (QED) is 0.623. The summed E-state index contributed by atoms with van der Waals surface area (Å²) >= 11 is 0. The number of halogens is 1. The molecule has 1 aromatic carbocycles. The van der Waals surface area contributed by atoms with Gasteiger partial charge >= 0.3 is 6.09 Å². The summed E-state index contributed by atoms with van der Waals surface area (Å²) in [5.41, 5.74) is 1.47. The molecule has 1 aliphatic heterocycles. The number of guanidine groups is 1. The first-order valence-corrected chi connectivity index (χ1v) is 9.25. The number of carbonyl (C=O) groups excluding carboxylic acids is 1. The third-order valence-electron chi connectivity index (χ3n) is 4.36. The first-order valence-electron chi connectivity index (χ1n) is 9.25. The van der Waals surface area contributed by atoms with Gasteiger partial charge in [-0.1, -0.05) is 12.1 Å². The van der Waals surface area contributed by atoms with E-state index in [4.69, 9.17) is 4.74 Å². The van der Waals surface area contributed by atoms with Gasteiger partial charge in [0.25, 0.3) is 0 Å². The molecule has 0 bridgehead atoms. The van der Waals surface area contributed by atoms with Crippen LogP contribution in [0.3, 0.4) is 0 Å². The van der Waals surface area contributed by atoms with Crippen molar-refractivity contribution in [2.75, 3.05) is 26.2 Å². The highest BCUT2D eigenvalue weighted by Gasteiger charge is 2.24. The van der Waals surface area contributed by atoms with Crippen LogP contribution in [0.4, 0.5) is 9.18 Å². The number of amides is 1. The number of benzene rings is 1. The van der Waals surface area contributed by atoms with Gasteiger partial charge in [-0.2, -0.15) is 0 Å².